The highest BCUT2D eigenvalue weighted by molar-refractivity contribution is 5.42. The second-order valence-electron chi connectivity index (χ2n) is 4.28. The van der Waals surface area contributed by atoms with Gasteiger partial charge in [0.1, 0.15) is 0 Å². The molecule has 0 saturated heterocycles. The molecule has 0 spiro atoms. The minimum atomic E-state index is 0.824. The number of anilines is 1. The first-order chi connectivity index (χ1) is 7.66. The van der Waals surface area contributed by atoms with Gasteiger partial charge in [0.25, 0.3) is 0 Å². The van der Waals surface area contributed by atoms with Gasteiger partial charge in [-0.3, -0.25) is 0 Å². The minimum Gasteiger partial charge on any atom is -0.399 e. The highest BCUT2D eigenvalue weighted by Crippen LogP contribution is 2.17. The predicted molar refractivity (Wildman–Crippen MR) is 69.6 cm³/mol. The lowest BCUT2D eigenvalue weighted by atomic mass is 9.97. The summed E-state index contributed by atoms with van der Waals surface area (Å²) in [5, 5.41) is 0. The summed E-state index contributed by atoms with van der Waals surface area (Å²) in [6, 6.07) is 14.6. The van der Waals surface area contributed by atoms with Gasteiger partial charge in [0.2, 0.25) is 0 Å². The van der Waals surface area contributed by atoms with E-state index in [2.05, 4.69) is 44.2 Å². The summed E-state index contributed by atoms with van der Waals surface area (Å²) in [5.41, 5.74) is 11.9. The van der Waals surface area contributed by atoms with Gasteiger partial charge in [-0.15, -0.1) is 0 Å². The van der Waals surface area contributed by atoms with Crippen molar-refractivity contribution in [2.75, 3.05) is 5.73 Å². The van der Waals surface area contributed by atoms with Gasteiger partial charge < -0.3 is 5.73 Å². The molecule has 0 radical (unpaired) electrons. The van der Waals surface area contributed by atoms with E-state index >= 15 is 0 Å². The molecular formula is C15H17N. The fourth-order valence-electron chi connectivity index (χ4n) is 1.86. The molecule has 0 unspecified atom stereocenters. The molecule has 0 aliphatic heterocycles. The van der Waals surface area contributed by atoms with E-state index in [1.165, 1.54) is 22.3 Å². The number of benzene rings is 2. The van der Waals surface area contributed by atoms with Crippen LogP contribution < -0.4 is 5.73 Å². The Labute approximate surface area is 96.9 Å². The molecule has 0 heterocycles. The van der Waals surface area contributed by atoms with Crippen LogP contribution in [0.4, 0.5) is 5.69 Å². The molecule has 1 nitrogen and oxygen atoms in total. The Balaban J connectivity index is 2.27. The molecule has 2 N–H and O–H groups in total. The highest BCUT2D eigenvalue weighted by atomic mass is 14.5. The van der Waals surface area contributed by atoms with Crippen LogP contribution in [0.2, 0.25) is 0 Å². The van der Waals surface area contributed by atoms with Crippen molar-refractivity contribution in [1.29, 1.82) is 0 Å². The van der Waals surface area contributed by atoms with Gasteiger partial charge in [0.15, 0.2) is 0 Å². The zero-order chi connectivity index (χ0) is 11.5. The van der Waals surface area contributed by atoms with E-state index < -0.39 is 0 Å². The first kappa shape index (κ1) is 10.7. The van der Waals surface area contributed by atoms with Crippen molar-refractivity contribution < 1.29 is 0 Å². The Bertz CT molecular complexity index is 483. The van der Waals surface area contributed by atoms with Crippen LogP contribution in [0.25, 0.3) is 0 Å². The van der Waals surface area contributed by atoms with Crippen molar-refractivity contribution in [3.05, 3.63) is 64.7 Å². The van der Waals surface area contributed by atoms with E-state index in [4.69, 9.17) is 5.73 Å². The fourth-order valence-corrected chi connectivity index (χ4v) is 1.86. The molecule has 0 amide bonds. The van der Waals surface area contributed by atoms with Gasteiger partial charge in [-0.05, 0) is 54.7 Å². The third-order valence-electron chi connectivity index (χ3n) is 3.09. The lowest BCUT2D eigenvalue weighted by molar-refractivity contribution is 1.14. The molecule has 16 heavy (non-hydrogen) atoms. The van der Waals surface area contributed by atoms with E-state index in [-0.39, 0.29) is 0 Å². The Hall–Kier alpha value is -1.76. The second kappa shape index (κ2) is 4.40. The average Bonchev–Trinajstić information content (AvgIpc) is 2.28. The van der Waals surface area contributed by atoms with Gasteiger partial charge in [-0.25, -0.2) is 0 Å². The van der Waals surface area contributed by atoms with Crippen molar-refractivity contribution in [3.63, 3.8) is 0 Å². The maximum absolute atomic E-state index is 5.67. The minimum absolute atomic E-state index is 0.824. The molecule has 0 saturated carbocycles. The molecule has 0 fully saturated rings. The van der Waals surface area contributed by atoms with E-state index in [0.29, 0.717) is 0 Å². The van der Waals surface area contributed by atoms with E-state index in [9.17, 15) is 0 Å². The van der Waals surface area contributed by atoms with Gasteiger partial charge >= 0.3 is 0 Å². The maximum Gasteiger partial charge on any atom is 0.0314 e. The van der Waals surface area contributed by atoms with Crippen LogP contribution >= 0.6 is 0 Å². The fraction of sp³-hybridized carbons (Fsp3) is 0.200. The molecule has 1 heteroatoms. The summed E-state index contributed by atoms with van der Waals surface area (Å²) < 4.78 is 0. The molecule has 82 valence electrons. The van der Waals surface area contributed by atoms with Crippen LogP contribution in [0.1, 0.15) is 22.3 Å². The number of rotatable bonds is 2. The van der Waals surface area contributed by atoms with Crippen LogP contribution in [-0.2, 0) is 6.42 Å². The van der Waals surface area contributed by atoms with Gasteiger partial charge in [0, 0.05) is 5.69 Å². The molecule has 0 atom stereocenters. The molecule has 2 aromatic carbocycles. The highest BCUT2D eigenvalue weighted by Gasteiger charge is 2.01. The first-order valence-electron chi connectivity index (χ1n) is 5.56. The maximum atomic E-state index is 5.67. The predicted octanol–water partition coefficient (Wildman–Crippen LogP) is 3.48. The number of hydrogen-bond donors (Lipinski definition) is 1. The van der Waals surface area contributed by atoms with Gasteiger partial charge in [-0.2, -0.15) is 0 Å². The van der Waals surface area contributed by atoms with Crippen LogP contribution in [-0.4, -0.2) is 0 Å². The molecule has 0 aliphatic carbocycles. The van der Waals surface area contributed by atoms with Crippen molar-refractivity contribution in [3.8, 4) is 0 Å². The second-order valence-corrected chi connectivity index (χ2v) is 4.28. The Morgan fingerprint density at radius 3 is 2.31 bits per heavy atom. The lowest BCUT2D eigenvalue weighted by Gasteiger charge is -2.08. The number of nitrogens with two attached hydrogens (primary N) is 1. The number of hydrogen-bond acceptors (Lipinski definition) is 1. The Morgan fingerprint density at radius 2 is 1.62 bits per heavy atom. The monoisotopic (exact) mass is 211 g/mol. The summed E-state index contributed by atoms with van der Waals surface area (Å²) in [6.45, 7) is 4.34. The van der Waals surface area contributed by atoms with Crippen LogP contribution in [0.15, 0.2) is 42.5 Å². The van der Waals surface area contributed by atoms with E-state index in [0.717, 1.165) is 12.1 Å². The summed E-state index contributed by atoms with van der Waals surface area (Å²) in [5.74, 6) is 0. The summed E-state index contributed by atoms with van der Waals surface area (Å²) in [4.78, 5) is 0. The normalized spacial score (nSPS) is 10.4. The smallest absolute Gasteiger partial charge is 0.0314 e. The van der Waals surface area contributed by atoms with Gasteiger partial charge in [-0.1, -0.05) is 30.3 Å². The third-order valence-corrected chi connectivity index (χ3v) is 3.09. The van der Waals surface area contributed by atoms with E-state index in [1.807, 2.05) is 12.1 Å². The first-order valence-corrected chi connectivity index (χ1v) is 5.56. The van der Waals surface area contributed by atoms with Gasteiger partial charge in [0.05, 0.1) is 0 Å². The van der Waals surface area contributed by atoms with Crippen molar-refractivity contribution in [2.24, 2.45) is 0 Å². The van der Waals surface area contributed by atoms with Crippen LogP contribution in [0, 0.1) is 13.8 Å². The summed E-state index contributed by atoms with van der Waals surface area (Å²) in [6.07, 6.45) is 0.980. The van der Waals surface area contributed by atoms with E-state index in [1.54, 1.807) is 0 Å². The number of aryl methyl sites for hydroxylation is 1. The van der Waals surface area contributed by atoms with Crippen molar-refractivity contribution >= 4 is 5.69 Å². The zero-order valence-corrected chi connectivity index (χ0v) is 9.83. The third kappa shape index (κ3) is 2.25. The average molecular weight is 211 g/mol. The topological polar surface area (TPSA) is 26.0 Å². The Morgan fingerprint density at radius 1 is 0.938 bits per heavy atom. The standard InChI is InChI=1S/C15H17N/c1-11-4-3-5-14(12(11)2)10-13-6-8-15(16)9-7-13/h3-9H,10,16H2,1-2H3. The summed E-state index contributed by atoms with van der Waals surface area (Å²) >= 11 is 0. The Kier molecular flexibility index (Phi) is 2.95. The molecular weight excluding hydrogens is 194 g/mol. The molecule has 0 aromatic heterocycles. The molecule has 0 aliphatic rings. The SMILES string of the molecule is Cc1cccc(Cc2ccc(N)cc2)c1C. The quantitative estimate of drug-likeness (QED) is 0.756. The molecule has 0 bridgehead atoms. The van der Waals surface area contributed by atoms with Crippen molar-refractivity contribution in [1.82, 2.24) is 0 Å². The van der Waals surface area contributed by atoms with Crippen LogP contribution in [0.3, 0.4) is 0 Å². The molecule has 2 rings (SSSR count). The lowest BCUT2D eigenvalue weighted by Crippen LogP contribution is -1.94. The zero-order valence-electron chi connectivity index (χ0n) is 9.83. The summed E-state index contributed by atoms with van der Waals surface area (Å²) in [7, 11) is 0. The van der Waals surface area contributed by atoms with Crippen LogP contribution in [0.5, 0.6) is 0 Å². The largest absolute Gasteiger partial charge is 0.399 e. The van der Waals surface area contributed by atoms with Crippen molar-refractivity contribution in [2.45, 2.75) is 20.3 Å². The number of nitrogen functional groups attached to an aromatic ring is 1. The molecule has 2 aromatic rings.